The topological polar surface area (TPSA) is 58.6 Å². The highest BCUT2D eigenvalue weighted by Crippen LogP contribution is 2.21. The zero-order valence-corrected chi connectivity index (χ0v) is 18.1. The third-order valence-electron chi connectivity index (χ3n) is 5.11. The van der Waals surface area contributed by atoms with Gasteiger partial charge in [-0.25, -0.2) is 4.39 Å². The number of amides is 2. The number of aryl methyl sites for hydroxylation is 1. The summed E-state index contributed by atoms with van der Waals surface area (Å²) in [5.41, 5.74) is 2.67. The summed E-state index contributed by atoms with van der Waals surface area (Å²) in [5.74, 6) is -1.49. The summed E-state index contributed by atoms with van der Waals surface area (Å²) in [4.78, 5) is 27.1. The lowest BCUT2D eigenvalue weighted by molar-refractivity contribution is -0.117. The third kappa shape index (κ3) is 5.42. The van der Waals surface area contributed by atoms with Crippen LogP contribution in [0.5, 0.6) is 0 Å². The first-order valence-corrected chi connectivity index (χ1v) is 10.4. The molecule has 154 valence electrons. The summed E-state index contributed by atoms with van der Waals surface area (Å²) >= 11 is 3.19. The van der Waals surface area contributed by atoms with E-state index in [4.69, 9.17) is 4.74 Å². The Kier molecular flexibility index (Phi) is 7.03. The Labute approximate surface area is 178 Å². The molecule has 1 unspecified atom stereocenters. The lowest BCUT2D eigenvalue weighted by Gasteiger charge is -2.25. The lowest BCUT2D eigenvalue weighted by Crippen LogP contribution is -2.42. The molecule has 1 aliphatic rings. The van der Waals surface area contributed by atoms with Crippen molar-refractivity contribution in [3.8, 4) is 0 Å². The summed E-state index contributed by atoms with van der Waals surface area (Å²) in [5, 5.41) is 2.86. The second-order valence-corrected chi connectivity index (χ2v) is 8.16. The van der Waals surface area contributed by atoms with Gasteiger partial charge in [0, 0.05) is 23.3 Å². The lowest BCUT2D eigenvalue weighted by atomic mass is 10.1. The minimum atomic E-state index is -0.628. The highest BCUT2D eigenvalue weighted by molar-refractivity contribution is 9.10. The van der Waals surface area contributed by atoms with Crippen molar-refractivity contribution < 1.29 is 18.7 Å². The van der Waals surface area contributed by atoms with Crippen molar-refractivity contribution in [2.75, 3.05) is 25.0 Å². The largest absolute Gasteiger partial charge is 0.376 e. The Morgan fingerprint density at radius 1 is 1.28 bits per heavy atom. The van der Waals surface area contributed by atoms with E-state index in [2.05, 4.69) is 21.2 Å². The second-order valence-electron chi connectivity index (χ2n) is 7.24. The summed E-state index contributed by atoms with van der Waals surface area (Å²) < 4.78 is 20.5. The third-order valence-corrected chi connectivity index (χ3v) is 5.60. The molecule has 0 spiro atoms. The summed E-state index contributed by atoms with van der Waals surface area (Å²) in [6.45, 7) is 4.59. The number of ether oxygens (including phenoxy) is 1. The maximum atomic E-state index is 14.3. The minimum Gasteiger partial charge on any atom is -0.376 e. The van der Waals surface area contributed by atoms with Crippen LogP contribution in [0.15, 0.2) is 40.9 Å². The van der Waals surface area contributed by atoms with Crippen molar-refractivity contribution in [1.29, 1.82) is 0 Å². The van der Waals surface area contributed by atoms with E-state index in [9.17, 15) is 14.0 Å². The van der Waals surface area contributed by atoms with E-state index in [0.717, 1.165) is 24.0 Å². The molecule has 0 bridgehead atoms. The Bertz CT molecular complexity index is 913. The number of halogens is 2. The van der Waals surface area contributed by atoms with Gasteiger partial charge in [0.2, 0.25) is 5.91 Å². The van der Waals surface area contributed by atoms with Gasteiger partial charge in [-0.1, -0.05) is 28.1 Å². The molecule has 1 fully saturated rings. The fraction of sp³-hybridized carbons (Fsp3) is 0.364. The molecule has 3 rings (SSSR count). The Morgan fingerprint density at radius 2 is 2.07 bits per heavy atom. The van der Waals surface area contributed by atoms with Gasteiger partial charge in [0.05, 0.1) is 11.7 Å². The minimum absolute atomic E-state index is 0.0641. The zero-order chi connectivity index (χ0) is 21.0. The van der Waals surface area contributed by atoms with E-state index >= 15 is 0 Å². The smallest absolute Gasteiger partial charge is 0.257 e. The summed E-state index contributed by atoms with van der Waals surface area (Å²) in [7, 11) is 0. The van der Waals surface area contributed by atoms with Crippen LogP contribution in [0.2, 0.25) is 0 Å². The molecule has 0 aromatic heterocycles. The number of anilines is 1. The van der Waals surface area contributed by atoms with E-state index in [1.807, 2.05) is 32.0 Å². The van der Waals surface area contributed by atoms with Crippen molar-refractivity contribution in [1.82, 2.24) is 4.90 Å². The molecule has 0 aliphatic carbocycles. The van der Waals surface area contributed by atoms with Gasteiger partial charge in [-0.2, -0.15) is 0 Å². The molecule has 29 heavy (non-hydrogen) atoms. The van der Waals surface area contributed by atoms with Crippen LogP contribution in [-0.4, -0.2) is 42.5 Å². The van der Waals surface area contributed by atoms with E-state index in [1.54, 1.807) is 6.07 Å². The van der Waals surface area contributed by atoms with E-state index in [0.29, 0.717) is 16.8 Å². The van der Waals surface area contributed by atoms with Gasteiger partial charge >= 0.3 is 0 Å². The number of rotatable bonds is 6. The number of carbonyl (C=O) groups excluding carboxylic acids is 2. The fourth-order valence-electron chi connectivity index (χ4n) is 3.34. The van der Waals surface area contributed by atoms with Crippen molar-refractivity contribution in [2.24, 2.45) is 0 Å². The average molecular weight is 463 g/mol. The van der Waals surface area contributed by atoms with E-state index in [1.165, 1.54) is 17.0 Å². The van der Waals surface area contributed by atoms with Crippen LogP contribution >= 0.6 is 15.9 Å². The zero-order valence-electron chi connectivity index (χ0n) is 16.5. The first-order valence-electron chi connectivity index (χ1n) is 9.57. The number of hydrogen-bond acceptors (Lipinski definition) is 3. The van der Waals surface area contributed by atoms with Crippen molar-refractivity contribution in [3.05, 3.63) is 63.4 Å². The van der Waals surface area contributed by atoms with Crippen molar-refractivity contribution in [2.45, 2.75) is 32.8 Å². The fourth-order valence-corrected chi connectivity index (χ4v) is 3.67. The van der Waals surface area contributed by atoms with Gasteiger partial charge in [-0.3, -0.25) is 9.59 Å². The Morgan fingerprint density at radius 3 is 2.76 bits per heavy atom. The molecule has 1 heterocycles. The SMILES string of the molecule is Cc1cccc(NC(=O)CN(CC2CCCO2)C(=O)c2ccc(Br)cc2F)c1C. The van der Waals surface area contributed by atoms with Gasteiger partial charge in [0.15, 0.2) is 0 Å². The van der Waals surface area contributed by atoms with Crippen LogP contribution in [0, 0.1) is 19.7 Å². The van der Waals surface area contributed by atoms with Crippen LogP contribution in [0.1, 0.15) is 34.3 Å². The second kappa shape index (κ2) is 9.50. The van der Waals surface area contributed by atoms with Crippen molar-refractivity contribution >= 4 is 33.4 Å². The molecule has 1 N–H and O–H groups in total. The van der Waals surface area contributed by atoms with E-state index < -0.39 is 11.7 Å². The Hall–Kier alpha value is -2.25. The molecule has 2 aromatic rings. The van der Waals surface area contributed by atoms with Crippen LogP contribution < -0.4 is 5.32 Å². The molecule has 1 aliphatic heterocycles. The van der Waals surface area contributed by atoms with Crippen LogP contribution in [-0.2, 0) is 9.53 Å². The molecular formula is C22H24BrFN2O3. The summed E-state index contributed by atoms with van der Waals surface area (Å²) in [6, 6.07) is 9.93. The maximum absolute atomic E-state index is 14.3. The number of nitrogens with one attached hydrogen (secondary N) is 1. The Balaban J connectivity index is 1.78. The molecule has 1 atom stereocenters. The molecular weight excluding hydrogens is 439 g/mol. The van der Waals surface area contributed by atoms with Gasteiger partial charge in [-0.15, -0.1) is 0 Å². The van der Waals surface area contributed by atoms with Gasteiger partial charge < -0.3 is 15.0 Å². The summed E-state index contributed by atoms with van der Waals surface area (Å²) in [6.07, 6.45) is 1.57. The van der Waals surface area contributed by atoms with Gasteiger partial charge in [0.1, 0.15) is 12.4 Å². The first kappa shape index (κ1) is 21.5. The van der Waals surface area contributed by atoms with Crippen LogP contribution in [0.4, 0.5) is 10.1 Å². The molecule has 0 radical (unpaired) electrons. The molecule has 2 aromatic carbocycles. The molecule has 2 amide bonds. The maximum Gasteiger partial charge on any atom is 0.257 e. The number of hydrogen-bond donors (Lipinski definition) is 1. The van der Waals surface area contributed by atoms with Crippen LogP contribution in [0.3, 0.4) is 0 Å². The molecule has 1 saturated heterocycles. The van der Waals surface area contributed by atoms with E-state index in [-0.39, 0.29) is 30.7 Å². The normalized spacial score (nSPS) is 15.9. The van der Waals surface area contributed by atoms with Crippen molar-refractivity contribution in [3.63, 3.8) is 0 Å². The average Bonchev–Trinajstić information content (AvgIpc) is 3.17. The molecule has 7 heteroatoms. The number of carbonyl (C=O) groups is 2. The monoisotopic (exact) mass is 462 g/mol. The molecule has 5 nitrogen and oxygen atoms in total. The van der Waals surface area contributed by atoms with Gasteiger partial charge in [-0.05, 0) is 62.1 Å². The predicted octanol–water partition coefficient (Wildman–Crippen LogP) is 4.46. The quantitative estimate of drug-likeness (QED) is 0.688. The highest BCUT2D eigenvalue weighted by atomic mass is 79.9. The van der Waals surface area contributed by atoms with Crippen LogP contribution in [0.25, 0.3) is 0 Å². The molecule has 0 saturated carbocycles. The number of benzene rings is 2. The standard InChI is InChI=1S/C22H24BrFN2O3/c1-14-5-3-7-20(15(14)2)25-21(27)13-26(12-17-6-4-10-29-17)22(28)18-9-8-16(23)11-19(18)24/h3,5,7-9,11,17H,4,6,10,12-13H2,1-2H3,(H,25,27). The number of nitrogens with zero attached hydrogens (tertiary/aromatic N) is 1. The highest BCUT2D eigenvalue weighted by Gasteiger charge is 2.27. The van der Waals surface area contributed by atoms with Gasteiger partial charge in [0.25, 0.3) is 5.91 Å². The first-order chi connectivity index (χ1) is 13.8. The predicted molar refractivity (Wildman–Crippen MR) is 114 cm³/mol.